The first-order valence-electron chi connectivity index (χ1n) is 12.0. The van der Waals surface area contributed by atoms with Crippen LogP contribution in [0.4, 0.5) is 10.2 Å². The number of carbonyl (C=O) groups is 1. The lowest BCUT2D eigenvalue weighted by Crippen LogP contribution is -2.31. The van der Waals surface area contributed by atoms with Crippen LogP contribution in [0.25, 0.3) is 32.1 Å². The molecule has 36 heavy (non-hydrogen) atoms. The number of likely N-dealkylation sites (N-methyl/N-ethyl adjacent to an activating group) is 1. The number of ether oxygens (including phenoxy) is 1. The van der Waals surface area contributed by atoms with Crippen molar-refractivity contribution in [3.63, 3.8) is 0 Å². The third kappa shape index (κ3) is 4.89. The summed E-state index contributed by atoms with van der Waals surface area (Å²) in [6, 6.07) is 11.9. The number of rotatable bonds is 9. The number of likely N-dealkylation sites (tertiary alicyclic amines) is 1. The number of nitrogens with zero attached hydrogens (tertiary/aromatic N) is 3. The van der Waals surface area contributed by atoms with Crippen LogP contribution in [-0.2, 0) is 4.79 Å². The quantitative estimate of drug-likeness (QED) is 0.250. The van der Waals surface area contributed by atoms with E-state index >= 15 is 4.39 Å². The molecule has 2 N–H and O–H groups in total. The van der Waals surface area contributed by atoms with Crippen LogP contribution in [0.5, 0.6) is 6.01 Å². The molecule has 186 valence electrons. The van der Waals surface area contributed by atoms with E-state index in [9.17, 15) is 4.79 Å². The molecule has 0 unspecified atom stereocenters. The zero-order chi connectivity index (χ0) is 25.1. The highest BCUT2D eigenvalue weighted by Crippen LogP contribution is 2.37. The second-order valence-electron chi connectivity index (χ2n) is 8.83. The van der Waals surface area contributed by atoms with Crippen molar-refractivity contribution in [2.45, 2.75) is 18.9 Å². The van der Waals surface area contributed by atoms with Crippen LogP contribution >= 0.6 is 11.3 Å². The molecule has 2 aromatic heterocycles. The van der Waals surface area contributed by atoms with Crippen LogP contribution in [0, 0.1) is 5.82 Å². The van der Waals surface area contributed by atoms with Gasteiger partial charge >= 0.3 is 6.01 Å². The highest BCUT2D eigenvalue weighted by atomic mass is 32.1. The predicted octanol–water partition coefficient (Wildman–Crippen LogP) is 4.84. The number of benzene rings is 2. The zero-order valence-corrected chi connectivity index (χ0v) is 20.9. The van der Waals surface area contributed by atoms with Crippen LogP contribution in [0.1, 0.15) is 12.8 Å². The van der Waals surface area contributed by atoms with Gasteiger partial charge in [-0.2, -0.15) is 9.97 Å². The van der Waals surface area contributed by atoms with Crippen LogP contribution < -0.4 is 15.4 Å². The van der Waals surface area contributed by atoms with Crippen LogP contribution in [-0.4, -0.2) is 60.1 Å². The average molecular weight is 506 g/mol. The lowest BCUT2D eigenvalue weighted by atomic mass is 10.0. The van der Waals surface area contributed by atoms with Crippen molar-refractivity contribution < 1.29 is 13.9 Å². The number of hydrogen-bond acceptors (Lipinski definition) is 7. The monoisotopic (exact) mass is 505 g/mol. The van der Waals surface area contributed by atoms with E-state index in [4.69, 9.17) is 4.74 Å². The molecule has 1 atom stereocenters. The average Bonchev–Trinajstić information content (AvgIpc) is 3.54. The molecule has 0 radical (unpaired) electrons. The van der Waals surface area contributed by atoms with Crippen LogP contribution in [0.15, 0.2) is 54.4 Å². The van der Waals surface area contributed by atoms with E-state index in [-0.39, 0.29) is 23.5 Å². The molecular weight excluding hydrogens is 477 g/mol. The Bertz CT molecular complexity index is 1420. The van der Waals surface area contributed by atoms with E-state index in [0.717, 1.165) is 35.0 Å². The Balaban J connectivity index is 1.51. The third-order valence-corrected chi connectivity index (χ3v) is 7.50. The fourth-order valence-electron chi connectivity index (χ4n) is 4.55. The van der Waals surface area contributed by atoms with Crippen molar-refractivity contribution >= 4 is 44.1 Å². The van der Waals surface area contributed by atoms with Gasteiger partial charge in [0.2, 0.25) is 5.91 Å². The first-order valence-corrected chi connectivity index (χ1v) is 12.9. The molecule has 0 saturated carbocycles. The number of amides is 1. The Morgan fingerprint density at radius 1 is 1.25 bits per heavy atom. The lowest BCUT2D eigenvalue weighted by molar-refractivity contribution is -0.116. The summed E-state index contributed by atoms with van der Waals surface area (Å²) in [4.78, 5) is 22.8. The molecule has 1 fully saturated rings. The minimum atomic E-state index is -0.415. The van der Waals surface area contributed by atoms with E-state index in [0.29, 0.717) is 36.5 Å². The van der Waals surface area contributed by atoms with Crippen molar-refractivity contribution in [2.24, 2.45) is 0 Å². The summed E-state index contributed by atoms with van der Waals surface area (Å²) in [5, 5.41) is 9.55. The highest BCUT2D eigenvalue weighted by Gasteiger charge is 2.23. The number of aromatic nitrogens is 2. The van der Waals surface area contributed by atoms with Crippen LogP contribution in [0.3, 0.4) is 0 Å². The molecule has 5 rings (SSSR count). The summed E-state index contributed by atoms with van der Waals surface area (Å²) in [6.45, 7) is 5.68. The first-order chi connectivity index (χ1) is 17.5. The van der Waals surface area contributed by atoms with Gasteiger partial charge in [-0.25, -0.2) is 4.39 Å². The van der Waals surface area contributed by atoms with E-state index < -0.39 is 5.82 Å². The molecule has 0 bridgehead atoms. The molecular formula is C27H28FN5O2S. The van der Waals surface area contributed by atoms with E-state index in [1.807, 2.05) is 35.7 Å². The molecule has 1 aliphatic heterocycles. The fourth-order valence-corrected chi connectivity index (χ4v) is 5.48. The maximum absolute atomic E-state index is 16.0. The van der Waals surface area contributed by atoms with Gasteiger partial charge in [0.25, 0.3) is 0 Å². The topological polar surface area (TPSA) is 79.4 Å². The summed E-state index contributed by atoms with van der Waals surface area (Å²) in [5.74, 6) is -0.212. The number of nitrogens with one attached hydrogen (secondary N) is 2. The standard InChI is InChI=1S/C27H28FN5O2S/c1-3-22(34)29-12-13-30-26-21-10-9-19(20-8-4-6-17-11-15-36-25(17)20)23(28)24(21)31-27(32-26)35-16-18-7-5-14-33(18)2/h3-4,6,8-11,15,18H,1,5,7,12-14,16H2,2H3,(H,29,34)(H,30,31,32)/t18-/m0/s1. The maximum Gasteiger partial charge on any atom is 0.319 e. The minimum absolute atomic E-state index is 0.130. The van der Waals surface area contributed by atoms with Gasteiger partial charge in [-0.3, -0.25) is 4.79 Å². The number of halogens is 1. The Labute approximate surface area is 213 Å². The molecule has 2 aromatic carbocycles. The molecule has 7 nitrogen and oxygen atoms in total. The van der Waals surface area contributed by atoms with Gasteiger partial charge in [0.1, 0.15) is 17.9 Å². The maximum atomic E-state index is 16.0. The lowest BCUT2D eigenvalue weighted by Gasteiger charge is -2.19. The van der Waals surface area contributed by atoms with Crippen molar-refractivity contribution in [1.82, 2.24) is 20.2 Å². The van der Waals surface area contributed by atoms with Crippen molar-refractivity contribution in [3.8, 4) is 17.1 Å². The first kappa shape index (κ1) is 24.1. The van der Waals surface area contributed by atoms with Gasteiger partial charge in [-0.1, -0.05) is 30.8 Å². The largest absolute Gasteiger partial charge is 0.462 e. The van der Waals surface area contributed by atoms with Crippen molar-refractivity contribution in [3.05, 3.63) is 60.3 Å². The van der Waals surface area contributed by atoms with Gasteiger partial charge < -0.3 is 20.3 Å². The fraction of sp³-hybridized carbons (Fsp3) is 0.296. The van der Waals surface area contributed by atoms with E-state index in [1.165, 1.54) is 6.08 Å². The molecule has 1 aliphatic rings. The number of carbonyl (C=O) groups excluding carboxylic acids is 1. The van der Waals surface area contributed by atoms with Crippen molar-refractivity contribution in [1.29, 1.82) is 0 Å². The smallest absolute Gasteiger partial charge is 0.319 e. The summed E-state index contributed by atoms with van der Waals surface area (Å²) >= 11 is 1.59. The summed E-state index contributed by atoms with van der Waals surface area (Å²) in [7, 11) is 2.07. The second kappa shape index (κ2) is 10.6. The van der Waals surface area contributed by atoms with E-state index in [1.54, 1.807) is 17.4 Å². The van der Waals surface area contributed by atoms with Gasteiger partial charge in [0, 0.05) is 40.3 Å². The van der Waals surface area contributed by atoms with Gasteiger partial charge in [0.05, 0.1) is 0 Å². The molecule has 3 heterocycles. The summed E-state index contributed by atoms with van der Waals surface area (Å²) in [6.07, 6.45) is 3.39. The highest BCUT2D eigenvalue weighted by molar-refractivity contribution is 7.17. The van der Waals surface area contributed by atoms with Gasteiger partial charge in [-0.05, 0) is 55.4 Å². The minimum Gasteiger partial charge on any atom is -0.462 e. The Morgan fingerprint density at radius 2 is 2.14 bits per heavy atom. The normalized spacial score (nSPS) is 15.9. The number of fused-ring (bicyclic) bond motifs is 2. The number of anilines is 1. The molecule has 0 spiro atoms. The predicted molar refractivity (Wildman–Crippen MR) is 143 cm³/mol. The van der Waals surface area contributed by atoms with E-state index in [2.05, 4.69) is 39.1 Å². The second-order valence-corrected chi connectivity index (χ2v) is 9.75. The molecule has 4 aromatic rings. The molecule has 1 saturated heterocycles. The SMILES string of the molecule is C=CC(=O)NCCNc1nc(OC[C@@H]2CCCN2C)nc2c(F)c(-c3cccc4ccsc34)ccc12. The Kier molecular flexibility index (Phi) is 7.11. The number of thiophene rings is 1. The third-order valence-electron chi connectivity index (χ3n) is 6.53. The van der Waals surface area contributed by atoms with Gasteiger partial charge in [0.15, 0.2) is 5.82 Å². The summed E-state index contributed by atoms with van der Waals surface area (Å²) in [5.41, 5.74) is 1.51. The number of hydrogen-bond donors (Lipinski definition) is 2. The molecule has 9 heteroatoms. The van der Waals surface area contributed by atoms with Gasteiger partial charge in [-0.15, -0.1) is 11.3 Å². The van der Waals surface area contributed by atoms with Crippen molar-refractivity contribution in [2.75, 3.05) is 38.6 Å². The summed E-state index contributed by atoms with van der Waals surface area (Å²) < 4.78 is 23.1. The Morgan fingerprint density at radius 3 is 2.94 bits per heavy atom. The zero-order valence-electron chi connectivity index (χ0n) is 20.1. The molecule has 1 amide bonds. The van der Waals surface area contributed by atoms with Crippen LogP contribution in [0.2, 0.25) is 0 Å². The Hall–Kier alpha value is -3.56. The molecule has 0 aliphatic carbocycles.